The van der Waals surface area contributed by atoms with E-state index in [9.17, 15) is 4.79 Å². The number of methoxy groups -OCH3 is 1. The van der Waals surface area contributed by atoms with Crippen molar-refractivity contribution in [2.75, 3.05) is 43.6 Å². The summed E-state index contributed by atoms with van der Waals surface area (Å²) in [7, 11) is 1.75. The molecule has 2 unspecified atom stereocenters. The molecule has 0 radical (unpaired) electrons. The van der Waals surface area contributed by atoms with Crippen LogP contribution in [-0.2, 0) is 9.47 Å². The Morgan fingerprint density at radius 1 is 1.12 bits per heavy atom. The fraction of sp³-hybridized carbons (Fsp3) is 0.312. The van der Waals surface area contributed by atoms with Crippen molar-refractivity contribution in [3.63, 3.8) is 0 Å². The Morgan fingerprint density at radius 3 is 2.88 bits per heavy atom. The number of ether oxygens (including phenoxy) is 2. The van der Waals surface area contributed by atoms with Gasteiger partial charge in [0, 0.05) is 76.2 Å². The minimum atomic E-state index is -0.0866. The Kier molecular flexibility index (Phi) is 8.67. The molecule has 0 saturated carbocycles. The van der Waals surface area contributed by atoms with Gasteiger partial charge in [-0.25, -0.2) is 0 Å². The standard InChI is InChI=1S/C32H34N4O3S2/c1-21-8-10-25(34-19-21)26(6-4-15-38-2)35-22-9-11-28-30(17-22)40-29-7-3-5-24(32(29)41-28)27-20-36(14-16-39-27)23-12-13-33-31(37)18-23/h3,5,7-13,17-19,26-27,35H,4,6,14-16,20H2,1-2H3,(H,33,37). The number of aromatic nitrogens is 2. The molecule has 0 amide bonds. The van der Waals surface area contributed by atoms with Crippen molar-refractivity contribution in [1.82, 2.24) is 9.97 Å². The maximum Gasteiger partial charge on any atom is 0.249 e. The summed E-state index contributed by atoms with van der Waals surface area (Å²) < 4.78 is 11.6. The zero-order valence-electron chi connectivity index (χ0n) is 23.3. The first-order valence-corrected chi connectivity index (χ1v) is 15.6. The number of benzene rings is 2. The second-order valence-electron chi connectivity index (χ2n) is 10.3. The number of nitrogens with one attached hydrogen (secondary N) is 2. The molecule has 0 aliphatic carbocycles. The van der Waals surface area contributed by atoms with Crippen molar-refractivity contribution in [2.45, 2.75) is 51.5 Å². The van der Waals surface area contributed by atoms with Gasteiger partial charge in [-0.3, -0.25) is 9.78 Å². The maximum atomic E-state index is 11.9. The molecule has 0 bridgehead atoms. The Bertz CT molecular complexity index is 1560. The summed E-state index contributed by atoms with van der Waals surface area (Å²) in [6, 6.07) is 21.1. The van der Waals surface area contributed by atoms with Gasteiger partial charge in [-0.1, -0.05) is 41.7 Å². The summed E-state index contributed by atoms with van der Waals surface area (Å²) in [6.07, 6.45) is 5.46. The number of morpholine rings is 1. The van der Waals surface area contributed by atoms with Gasteiger partial charge >= 0.3 is 0 Å². The van der Waals surface area contributed by atoms with Crippen LogP contribution in [0.3, 0.4) is 0 Å². The molecule has 2 N–H and O–H groups in total. The van der Waals surface area contributed by atoms with E-state index in [4.69, 9.17) is 14.5 Å². The van der Waals surface area contributed by atoms with E-state index in [0.717, 1.165) is 48.6 Å². The number of aryl methyl sites for hydroxylation is 1. The second kappa shape index (κ2) is 12.7. The Morgan fingerprint density at radius 2 is 2.05 bits per heavy atom. The highest BCUT2D eigenvalue weighted by Gasteiger charge is 2.28. The maximum absolute atomic E-state index is 11.9. The molecule has 2 atom stereocenters. The van der Waals surface area contributed by atoms with Crippen molar-refractivity contribution < 1.29 is 9.47 Å². The number of hydrogen-bond donors (Lipinski definition) is 2. The average Bonchev–Trinajstić information content (AvgIpc) is 3.00. The predicted octanol–water partition coefficient (Wildman–Crippen LogP) is 6.85. The monoisotopic (exact) mass is 586 g/mol. The summed E-state index contributed by atoms with van der Waals surface area (Å²) in [4.78, 5) is 26.5. The minimum Gasteiger partial charge on any atom is -0.385 e. The molecule has 212 valence electrons. The van der Waals surface area contributed by atoms with Crippen molar-refractivity contribution >= 4 is 34.9 Å². The Balaban J connectivity index is 1.21. The van der Waals surface area contributed by atoms with Crippen LogP contribution in [0.1, 0.15) is 41.8 Å². The van der Waals surface area contributed by atoms with Gasteiger partial charge in [-0.05, 0) is 67.3 Å². The largest absolute Gasteiger partial charge is 0.385 e. The molecule has 4 heterocycles. The first-order chi connectivity index (χ1) is 20.1. The molecular weight excluding hydrogens is 553 g/mol. The van der Waals surface area contributed by atoms with Gasteiger partial charge in [0.2, 0.25) is 5.56 Å². The molecule has 4 aromatic rings. The Labute approximate surface area is 249 Å². The third kappa shape index (κ3) is 6.48. The van der Waals surface area contributed by atoms with Crippen LogP contribution < -0.4 is 15.8 Å². The van der Waals surface area contributed by atoms with E-state index in [1.807, 2.05) is 35.8 Å². The zero-order chi connectivity index (χ0) is 28.2. The first kappa shape index (κ1) is 27.9. The van der Waals surface area contributed by atoms with Gasteiger partial charge in [0.1, 0.15) is 6.10 Å². The lowest BCUT2D eigenvalue weighted by molar-refractivity contribution is 0.0379. The van der Waals surface area contributed by atoms with Crippen LogP contribution in [0, 0.1) is 6.92 Å². The fourth-order valence-electron chi connectivity index (χ4n) is 5.28. The lowest BCUT2D eigenvalue weighted by Crippen LogP contribution is -2.39. The third-order valence-corrected chi connectivity index (χ3v) is 10.0. The molecule has 2 aromatic heterocycles. The summed E-state index contributed by atoms with van der Waals surface area (Å²) in [6.45, 7) is 4.88. The molecule has 6 rings (SSSR count). The number of fused-ring (bicyclic) bond motifs is 2. The molecule has 9 heteroatoms. The molecule has 2 aromatic carbocycles. The number of hydrogen-bond acceptors (Lipinski definition) is 8. The average molecular weight is 587 g/mol. The van der Waals surface area contributed by atoms with E-state index < -0.39 is 0 Å². The number of nitrogens with zero attached hydrogens (tertiary/aromatic N) is 2. The van der Waals surface area contributed by atoms with Gasteiger partial charge in [0.05, 0.1) is 18.3 Å². The third-order valence-electron chi connectivity index (χ3n) is 7.40. The van der Waals surface area contributed by atoms with E-state index in [1.165, 1.54) is 25.1 Å². The van der Waals surface area contributed by atoms with E-state index >= 15 is 0 Å². The van der Waals surface area contributed by atoms with E-state index in [0.29, 0.717) is 13.2 Å². The topological polar surface area (TPSA) is 79.5 Å². The molecule has 2 aliphatic heterocycles. The van der Waals surface area contributed by atoms with Crippen LogP contribution >= 0.6 is 23.5 Å². The highest BCUT2D eigenvalue weighted by atomic mass is 32.2. The summed E-state index contributed by atoms with van der Waals surface area (Å²) in [5.74, 6) is 0. The second-order valence-corrected chi connectivity index (χ2v) is 12.5. The van der Waals surface area contributed by atoms with Crippen molar-refractivity contribution in [3.8, 4) is 0 Å². The van der Waals surface area contributed by atoms with E-state index in [2.05, 4.69) is 70.7 Å². The molecule has 2 aliphatic rings. The lowest BCUT2D eigenvalue weighted by atomic mass is 10.1. The van der Waals surface area contributed by atoms with Crippen LogP contribution in [0.15, 0.2) is 97.4 Å². The summed E-state index contributed by atoms with van der Waals surface area (Å²) in [5.41, 5.74) is 5.34. The van der Waals surface area contributed by atoms with E-state index in [1.54, 1.807) is 19.4 Å². The normalized spacial score (nSPS) is 17.0. The highest BCUT2D eigenvalue weighted by Crippen LogP contribution is 2.52. The molecule has 0 spiro atoms. The lowest BCUT2D eigenvalue weighted by Gasteiger charge is -2.36. The summed E-state index contributed by atoms with van der Waals surface area (Å²) in [5, 5.41) is 3.74. The molecule has 1 fully saturated rings. The molecule has 41 heavy (non-hydrogen) atoms. The Hall–Kier alpha value is -3.24. The van der Waals surface area contributed by atoms with Crippen molar-refractivity contribution in [1.29, 1.82) is 0 Å². The quantitative estimate of drug-likeness (QED) is 0.182. The first-order valence-electron chi connectivity index (χ1n) is 13.9. The summed E-state index contributed by atoms with van der Waals surface area (Å²) >= 11 is 3.62. The number of pyridine rings is 2. The molecule has 7 nitrogen and oxygen atoms in total. The predicted molar refractivity (Wildman–Crippen MR) is 166 cm³/mol. The number of rotatable bonds is 9. The van der Waals surface area contributed by atoms with Gasteiger partial charge < -0.3 is 24.7 Å². The molecular formula is C32H34N4O3S2. The van der Waals surface area contributed by atoms with Gasteiger partial charge in [-0.2, -0.15) is 0 Å². The van der Waals surface area contributed by atoms with Crippen LogP contribution in [-0.4, -0.2) is 43.4 Å². The number of H-pyrrole nitrogens is 1. The van der Waals surface area contributed by atoms with Crippen LogP contribution in [0.4, 0.5) is 11.4 Å². The SMILES string of the molecule is COCCCC(Nc1ccc2c(c1)Sc1cccc(C3CN(c4cc[nH]c(=O)c4)CCO3)c1S2)c1ccc(C)cn1. The zero-order valence-corrected chi connectivity index (χ0v) is 24.9. The van der Waals surface area contributed by atoms with Crippen molar-refractivity contribution in [2.24, 2.45) is 0 Å². The number of aromatic amines is 1. The highest BCUT2D eigenvalue weighted by molar-refractivity contribution is 8.05. The fourth-order valence-corrected chi connectivity index (χ4v) is 7.73. The molecule has 1 saturated heterocycles. The number of anilines is 2. The van der Waals surface area contributed by atoms with Crippen LogP contribution in [0.2, 0.25) is 0 Å². The minimum absolute atomic E-state index is 0.0663. The smallest absolute Gasteiger partial charge is 0.249 e. The van der Waals surface area contributed by atoms with Gasteiger partial charge in [0.25, 0.3) is 0 Å². The van der Waals surface area contributed by atoms with Crippen LogP contribution in [0.5, 0.6) is 0 Å². The van der Waals surface area contributed by atoms with E-state index in [-0.39, 0.29) is 17.7 Å². The van der Waals surface area contributed by atoms with Gasteiger partial charge in [0.15, 0.2) is 0 Å². The van der Waals surface area contributed by atoms with Crippen LogP contribution in [0.25, 0.3) is 0 Å². The van der Waals surface area contributed by atoms with Gasteiger partial charge in [-0.15, -0.1) is 0 Å². The van der Waals surface area contributed by atoms with Crippen molar-refractivity contribution in [3.05, 3.63) is 100 Å².